The third kappa shape index (κ3) is 3.98. The number of aromatic nitrogens is 1. The summed E-state index contributed by atoms with van der Waals surface area (Å²) >= 11 is 0. The second kappa shape index (κ2) is 8.13. The Labute approximate surface area is 164 Å². The molecule has 0 saturated carbocycles. The third-order valence-electron chi connectivity index (χ3n) is 4.47. The maximum atomic E-state index is 12.9. The topological polar surface area (TPSA) is 71.2 Å². The third-order valence-corrected chi connectivity index (χ3v) is 4.47. The number of rotatable bonds is 5. The molecule has 0 bridgehead atoms. The number of carbonyl (C=O) groups excluding carboxylic acids is 2. The molecule has 0 aliphatic heterocycles. The maximum absolute atomic E-state index is 12.9. The summed E-state index contributed by atoms with van der Waals surface area (Å²) in [6.07, 6.45) is -0.226. The number of carbonyl (C=O) groups is 2. The van der Waals surface area contributed by atoms with Gasteiger partial charge in [0.25, 0.3) is 5.91 Å². The fraction of sp³-hybridized carbons (Fsp3) is 0.217. The minimum absolute atomic E-state index is 0.226. The van der Waals surface area contributed by atoms with Crippen molar-refractivity contribution in [2.24, 2.45) is 0 Å². The lowest BCUT2D eigenvalue weighted by Gasteiger charge is -2.11. The number of amides is 1. The first-order valence-electron chi connectivity index (χ1n) is 9.24. The molecule has 1 heterocycles. The average Bonchev–Trinajstić information content (AvgIpc) is 2.96. The monoisotopic (exact) mass is 376 g/mol. The number of ether oxygens (including phenoxy) is 1. The molecule has 0 aliphatic rings. The van der Waals surface area contributed by atoms with Crippen LogP contribution in [-0.4, -0.2) is 23.0 Å². The number of H-pyrrole nitrogens is 1. The van der Waals surface area contributed by atoms with Crippen LogP contribution in [0, 0.1) is 13.8 Å². The Morgan fingerprint density at radius 2 is 1.61 bits per heavy atom. The highest BCUT2D eigenvalue weighted by atomic mass is 16.5. The molecule has 0 spiro atoms. The van der Waals surface area contributed by atoms with Crippen LogP contribution in [0.2, 0.25) is 0 Å². The molecule has 5 heteroatoms. The number of hydrogen-bond acceptors (Lipinski definition) is 3. The quantitative estimate of drug-likeness (QED) is 0.608. The van der Waals surface area contributed by atoms with Crippen molar-refractivity contribution in [3.05, 3.63) is 77.1 Å². The normalized spacial score (nSPS) is 10.8. The standard InChI is InChI=1S/C23H24N2O3/c1-14(2)28-23(27)20-15(3)21(24-16(20)4)22(26)25-19-13-9-8-12-18(19)17-10-6-5-7-11-17/h5-14,24H,1-4H3,(H,25,26). The van der Waals surface area contributed by atoms with E-state index in [9.17, 15) is 9.59 Å². The fourth-order valence-corrected chi connectivity index (χ4v) is 3.20. The molecule has 5 nitrogen and oxygen atoms in total. The molecule has 3 rings (SSSR count). The van der Waals surface area contributed by atoms with Crippen LogP contribution in [0.15, 0.2) is 54.6 Å². The number of esters is 1. The van der Waals surface area contributed by atoms with Gasteiger partial charge in [-0.05, 0) is 44.9 Å². The van der Waals surface area contributed by atoms with E-state index in [1.165, 1.54) is 0 Å². The summed E-state index contributed by atoms with van der Waals surface area (Å²) in [4.78, 5) is 28.3. The first-order valence-corrected chi connectivity index (χ1v) is 9.24. The van der Waals surface area contributed by atoms with Crippen molar-refractivity contribution in [3.8, 4) is 11.1 Å². The van der Waals surface area contributed by atoms with Crippen molar-refractivity contribution >= 4 is 17.6 Å². The van der Waals surface area contributed by atoms with Gasteiger partial charge >= 0.3 is 5.97 Å². The van der Waals surface area contributed by atoms with Gasteiger partial charge in [-0.1, -0.05) is 48.5 Å². The minimum Gasteiger partial charge on any atom is -0.459 e. The average molecular weight is 376 g/mol. The maximum Gasteiger partial charge on any atom is 0.340 e. The second-order valence-corrected chi connectivity index (χ2v) is 6.94. The van der Waals surface area contributed by atoms with E-state index in [4.69, 9.17) is 4.74 Å². The van der Waals surface area contributed by atoms with E-state index in [0.717, 1.165) is 11.1 Å². The van der Waals surface area contributed by atoms with Crippen LogP contribution >= 0.6 is 0 Å². The lowest BCUT2D eigenvalue weighted by Crippen LogP contribution is -2.15. The summed E-state index contributed by atoms with van der Waals surface area (Å²) in [5, 5.41) is 2.96. The zero-order chi connectivity index (χ0) is 20.3. The van der Waals surface area contributed by atoms with E-state index in [-0.39, 0.29) is 12.0 Å². The second-order valence-electron chi connectivity index (χ2n) is 6.94. The van der Waals surface area contributed by atoms with Crippen LogP contribution in [0.25, 0.3) is 11.1 Å². The van der Waals surface area contributed by atoms with Crippen molar-refractivity contribution in [3.63, 3.8) is 0 Å². The zero-order valence-electron chi connectivity index (χ0n) is 16.5. The van der Waals surface area contributed by atoms with Gasteiger partial charge in [-0.3, -0.25) is 4.79 Å². The first-order chi connectivity index (χ1) is 13.4. The van der Waals surface area contributed by atoms with Gasteiger partial charge in [0, 0.05) is 16.9 Å². The largest absolute Gasteiger partial charge is 0.459 e. The summed E-state index contributed by atoms with van der Waals surface area (Å²) in [6.45, 7) is 7.10. The summed E-state index contributed by atoms with van der Waals surface area (Å²) in [5.74, 6) is -0.724. The van der Waals surface area contributed by atoms with Gasteiger partial charge in [0.1, 0.15) is 5.69 Å². The van der Waals surface area contributed by atoms with Crippen molar-refractivity contribution in [2.75, 3.05) is 5.32 Å². The predicted molar refractivity (Wildman–Crippen MR) is 111 cm³/mol. The van der Waals surface area contributed by atoms with Crippen LogP contribution in [0.3, 0.4) is 0 Å². The Kier molecular flexibility index (Phi) is 5.64. The Hall–Kier alpha value is -3.34. The van der Waals surface area contributed by atoms with Crippen LogP contribution in [0.5, 0.6) is 0 Å². The molecule has 3 aromatic rings. The summed E-state index contributed by atoms with van der Waals surface area (Å²) in [6, 6.07) is 17.5. The van der Waals surface area contributed by atoms with Gasteiger partial charge < -0.3 is 15.0 Å². The van der Waals surface area contributed by atoms with Gasteiger partial charge in [-0.2, -0.15) is 0 Å². The van der Waals surface area contributed by atoms with Crippen molar-refractivity contribution in [2.45, 2.75) is 33.8 Å². The molecule has 144 valence electrons. The van der Waals surface area contributed by atoms with Gasteiger partial charge in [0.2, 0.25) is 0 Å². The Morgan fingerprint density at radius 1 is 0.964 bits per heavy atom. The number of hydrogen-bond donors (Lipinski definition) is 2. The number of benzene rings is 2. The SMILES string of the molecule is Cc1[nH]c(C(=O)Nc2ccccc2-c2ccccc2)c(C)c1C(=O)OC(C)C. The van der Waals surface area contributed by atoms with E-state index in [1.807, 2.05) is 54.6 Å². The van der Waals surface area contributed by atoms with E-state index in [0.29, 0.717) is 28.2 Å². The highest BCUT2D eigenvalue weighted by Crippen LogP contribution is 2.28. The van der Waals surface area contributed by atoms with Crippen molar-refractivity contribution < 1.29 is 14.3 Å². The summed E-state index contributed by atoms with van der Waals surface area (Å²) < 4.78 is 5.30. The van der Waals surface area contributed by atoms with Gasteiger partial charge in [-0.15, -0.1) is 0 Å². The molecule has 0 atom stereocenters. The molecule has 0 saturated heterocycles. The lowest BCUT2D eigenvalue weighted by molar-refractivity contribution is 0.0376. The van der Waals surface area contributed by atoms with Crippen molar-refractivity contribution in [1.29, 1.82) is 0 Å². The highest BCUT2D eigenvalue weighted by Gasteiger charge is 2.24. The van der Waals surface area contributed by atoms with E-state index < -0.39 is 5.97 Å². The molecule has 0 unspecified atom stereocenters. The van der Waals surface area contributed by atoms with Crippen molar-refractivity contribution in [1.82, 2.24) is 4.98 Å². The lowest BCUT2D eigenvalue weighted by atomic mass is 10.0. The van der Waals surface area contributed by atoms with Gasteiger partial charge in [0.15, 0.2) is 0 Å². The Morgan fingerprint density at radius 3 is 2.29 bits per heavy atom. The van der Waals surface area contributed by atoms with Gasteiger partial charge in [-0.25, -0.2) is 4.79 Å². The van der Waals surface area contributed by atoms with Crippen LogP contribution in [-0.2, 0) is 4.74 Å². The number of aryl methyl sites for hydroxylation is 1. The molecular weight excluding hydrogens is 352 g/mol. The smallest absolute Gasteiger partial charge is 0.340 e. The molecule has 0 aliphatic carbocycles. The number of nitrogens with one attached hydrogen (secondary N) is 2. The fourth-order valence-electron chi connectivity index (χ4n) is 3.20. The van der Waals surface area contributed by atoms with Crippen LogP contribution in [0.4, 0.5) is 5.69 Å². The molecule has 28 heavy (non-hydrogen) atoms. The zero-order valence-corrected chi connectivity index (χ0v) is 16.5. The molecule has 0 fully saturated rings. The molecule has 1 amide bonds. The Balaban J connectivity index is 1.91. The van der Waals surface area contributed by atoms with Crippen LogP contribution in [0.1, 0.15) is 46.0 Å². The van der Waals surface area contributed by atoms with E-state index in [1.54, 1.807) is 27.7 Å². The van der Waals surface area contributed by atoms with E-state index >= 15 is 0 Å². The minimum atomic E-state index is -0.426. The predicted octanol–water partition coefficient (Wildman–Crippen LogP) is 5.12. The highest BCUT2D eigenvalue weighted by molar-refractivity contribution is 6.08. The molecule has 0 radical (unpaired) electrons. The molecule has 1 aromatic heterocycles. The summed E-state index contributed by atoms with van der Waals surface area (Å²) in [7, 11) is 0. The number of para-hydroxylation sites is 1. The Bertz CT molecular complexity index is 1000. The first kappa shape index (κ1) is 19.4. The molecule has 2 aromatic carbocycles. The van der Waals surface area contributed by atoms with Crippen LogP contribution < -0.4 is 5.32 Å². The van der Waals surface area contributed by atoms with E-state index in [2.05, 4.69) is 10.3 Å². The molecular formula is C23H24N2O3. The number of anilines is 1. The van der Waals surface area contributed by atoms with Gasteiger partial charge in [0.05, 0.1) is 11.7 Å². The summed E-state index contributed by atoms with van der Waals surface area (Å²) in [5.41, 5.74) is 4.61. The number of aromatic amines is 1. The molecule has 2 N–H and O–H groups in total.